The number of carbonyl (C=O) groups excluding carboxylic acids is 3. The van der Waals surface area contributed by atoms with Gasteiger partial charge in [-0.3, -0.25) is 28.8 Å². The molecule has 6 aliphatic rings. The van der Waals surface area contributed by atoms with Gasteiger partial charge in [0.1, 0.15) is 18.0 Å². The molecule has 8 heterocycles. The number of amides is 3. The molecule has 1 saturated carbocycles. The number of fused-ring (bicyclic) bond motifs is 4. The number of piperidine rings is 2. The molecular formula is C47H47F3N8O4. The molecule has 3 amide bonds. The summed E-state index contributed by atoms with van der Waals surface area (Å²) in [5.41, 5.74) is 4.01. The van der Waals surface area contributed by atoms with Crippen LogP contribution in [0.1, 0.15) is 65.8 Å². The van der Waals surface area contributed by atoms with Crippen molar-refractivity contribution in [2.45, 2.75) is 57.2 Å². The van der Waals surface area contributed by atoms with Crippen molar-refractivity contribution < 1.29 is 32.3 Å². The quantitative estimate of drug-likeness (QED) is 0.151. The summed E-state index contributed by atoms with van der Waals surface area (Å²) >= 11 is 0. The number of ether oxygens (including phenoxy) is 1. The largest absolute Gasteiger partial charge is 0.474 e. The van der Waals surface area contributed by atoms with Gasteiger partial charge in [0.25, 0.3) is 11.8 Å². The Hall–Kier alpha value is -5.80. The highest BCUT2D eigenvalue weighted by molar-refractivity contribution is 6.23. The first-order chi connectivity index (χ1) is 30.0. The van der Waals surface area contributed by atoms with Crippen molar-refractivity contribution >= 4 is 45.2 Å². The molecule has 0 bridgehead atoms. The van der Waals surface area contributed by atoms with Gasteiger partial charge >= 0.3 is 6.55 Å². The minimum atomic E-state index is -2.67. The average molecular weight is 845 g/mol. The van der Waals surface area contributed by atoms with Gasteiger partial charge in [-0.05, 0) is 86.3 Å². The molecule has 1 N–H and O–H groups in total. The number of aromatic nitrogens is 3. The Morgan fingerprint density at radius 2 is 1.53 bits per heavy atom. The van der Waals surface area contributed by atoms with Gasteiger partial charge in [0.15, 0.2) is 0 Å². The lowest BCUT2D eigenvalue weighted by molar-refractivity contribution is -0.129. The van der Waals surface area contributed by atoms with Crippen molar-refractivity contribution in [1.29, 1.82) is 0 Å². The van der Waals surface area contributed by atoms with Gasteiger partial charge in [0.2, 0.25) is 11.8 Å². The molecule has 1 unspecified atom stereocenters. The van der Waals surface area contributed by atoms with E-state index < -0.39 is 36.1 Å². The van der Waals surface area contributed by atoms with Crippen LogP contribution in [-0.4, -0.2) is 111 Å². The van der Waals surface area contributed by atoms with E-state index in [0.29, 0.717) is 76.9 Å². The molecule has 62 heavy (non-hydrogen) atoms. The highest BCUT2D eigenvalue weighted by Gasteiger charge is 2.52. The normalized spacial score (nSPS) is 24.2. The minimum Gasteiger partial charge on any atom is -0.474 e. The van der Waals surface area contributed by atoms with Crippen molar-refractivity contribution in [2.75, 3.05) is 57.3 Å². The van der Waals surface area contributed by atoms with Crippen LogP contribution in [0.2, 0.25) is 0 Å². The van der Waals surface area contributed by atoms with Crippen LogP contribution in [0.25, 0.3) is 32.9 Å². The standard InChI is InChI=1S/C47H47F3N8O4/c1-27-2-6-39(43(59)53-27)58-44(60)34-17-37(48)41(18-35(34)45(58)61)56-12-9-28(10-13-56)21-54-23-47(24-54)25-55(26-47)22-29-14-32(15-29)62-42-7-4-31(19-52-42)30-3-5-33-36-20-51-11-8-38(36)57(46(49)50)40(33)16-30/h3-5,7-8,11,16-20,28-29,32,39,46H,1-2,6,9-10,12-15,21-26H2,(H,53,59)/t29-,32-,39?. The number of allylic oxidation sites excluding steroid dienone is 1. The Labute approximate surface area is 356 Å². The number of halogens is 3. The van der Waals surface area contributed by atoms with Crippen LogP contribution in [0.4, 0.5) is 18.9 Å². The maximum absolute atomic E-state index is 15.5. The maximum Gasteiger partial charge on any atom is 0.319 e. The first kappa shape index (κ1) is 39.1. The molecule has 320 valence electrons. The van der Waals surface area contributed by atoms with Crippen LogP contribution in [0.3, 0.4) is 0 Å². The predicted molar refractivity (Wildman–Crippen MR) is 226 cm³/mol. The molecule has 1 spiro atoms. The molecule has 5 aromatic rings. The third-order valence-electron chi connectivity index (χ3n) is 14.2. The number of likely N-dealkylation sites (tertiary alicyclic amines) is 2. The van der Waals surface area contributed by atoms with Crippen LogP contribution in [0.5, 0.6) is 5.88 Å². The summed E-state index contributed by atoms with van der Waals surface area (Å²) in [6.07, 6.45) is 9.66. The van der Waals surface area contributed by atoms with Crippen molar-refractivity contribution in [1.82, 2.24) is 34.6 Å². The molecule has 5 fully saturated rings. The Kier molecular flexibility index (Phi) is 9.41. The number of nitrogens with one attached hydrogen (secondary N) is 1. The summed E-state index contributed by atoms with van der Waals surface area (Å²) < 4.78 is 50.9. The van der Waals surface area contributed by atoms with Crippen molar-refractivity contribution in [3.05, 3.63) is 96.3 Å². The molecular weight excluding hydrogens is 798 g/mol. The molecule has 1 aliphatic carbocycles. The summed E-state index contributed by atoms with van der Waals surface area (Å²) in [6, 6.07) is 12.7. The fraction of sp³-hybridized carbons (Fsp3) is 0.426. The molecule has 2 aromatic carbocycles. The average Bonchev–Trinajstić information content (AvgIpc) is 3.68. The van der Waals surface area contributed by atoms with E-state index in [1.807, 2.05) is 29.2 Å². The Balaban J connectivity index is 0.608. The third-order valence-corrected chi connectivity index (χ3v) is 14.2. The molecule has 15 heteroatoms. The first-order valence-corrected chi connectivity index (χ1v) is 21.7. The summed E-state index contributed by atoms with van der Waals surface area (Å²) in [5.74, 6) is -0.443. The molecule has 11 rings (SSSR count). The van der Waals surface area contributed by atoms with Crippen molar-refractivity contribution in [2.24, 2.45) is 17.3 Å². The van der Waals surface area contributed by atoms with E-state index >= 15 is 4.39 Å². The Morgan fingerprint density at radius 1 is 0.823 bits per heavy atom. The topological polar surface area (TPSA) is 116 Å². The second-order valence-electron chi connectivity index (χ2n) is 18.5. The van der Waals surface area contributed by atoms with E-state index in [4.69, 9.17) is 4.74 Å². The van der Waals surface area contributed by atoms with Gasteiger partial charge in [0, 0.05) is 104 Å². The zero-order chi connectivity index (χ0) is 42.4. The summed E-state index contributed by atoms with van der Waals surface area (Å²) in [6.45, 7) is 9.05. The SMILES string of the molecule is C=C1CCC(N2C(=O)c3cc(F)c(N4CCC(CN5CC6(C5)CN(C[C@H]5C[C@H](Oc7ccc(-c8ccc9c%10cnccc%10n(C(F)F)c9c8)cn7)C5)C6)CC4)cc3C2=O)C(=O)N1. The number of hydrogen-bond donors (Lipinski definition) is 1. The van der Waals surface area contributed by atoms with E-state index in [1.54, 1.807) is 24.5 Å². The summed E-state index contributed by atoms with van der Waals surface area (Å²) in [5, 5.41) is 4.07. The lowest BCUT2D eigenvalue weighted by Gasteiger charge is -2.62. The number of pyridine rings is 2. The van der Waals surface area contributed by atoms with Crippen LogP contribution in [0, 0.1) is 23.1 Å². The van der Waals surface area contributed by atoms with Gasteiger partial charge in [-0.15, -0.1) is 0 Å². The van der Waals surface area contributed by atoms with Gasteiger partial charge in [-0.2, -0.15) is 8.78 Å². The fourth-order valence-corrected chi connectivity index (χ4v) is 11.1. The maximum atomic E-state index is 15.5. The van der Waals surface area contributed by atoms with Crippen LogP contribution in [-0.2, 0) is 4.79 Å². The monoisotopic (exact) mass is 844 g/mol. The molecule has 4 saturated heterocycles. The van der Waals surface area contributed by atoms with E-state index in [9.17, 15) is 23.2 Å². The lowest BCUT2D eigenvalue weighted by Crippen LogP contribution is -2.72. The number of carbonyl (C=O) groups is 3. The van der Waals surface area contributed by atoms with Crippen LogP contribution in [0.15, 0.2) is 79.4 Å². The zero-order valence-electron chi connectivity index (χ0n) is 34.2. The third kappa shape index (κ3) is 6.71. The van der Waals surface area contributed by atoms with Gasteiger partial charge in [-0.25, -0.2) is 9.37 Å². The van der Waals surface area contributed by atoms with Gasteiger partial charge < -0.3 is 24.8 Å². The molecule has 5 aliphatic heterocycles. The number of rotatable bonds is 10. The van der Waals surface area contributed by atoms with Crippen molar-refractivity contribution in [3.63, 3.8) is 0 Å². The molecule has 12 nitrogen and oxygen atoms in total. The zero-order valence-corrected chi connectivity index (χ0v) is 34.2. The van der Waals surface area contributed by atoms with Gasteiger partial charge in [0.05, 0.1) is 27.8 Å². The second-order valence-corrected chi connectivity index (χ2v) is 18.5. The van der Waals surface area contributed by atoms with E-state index in [-0.39, 0.29) is 17.2 Å². The highest BCUT2D eigenvalue weighted by Crippen LogP contribution is 2.43. The number of anilines is 1. The second kappa shape index (κ2) is 14.9. The fourth-order valence-electron chi connectivity index (χ4n) is 11.1. The van der Waals surface area contributed by atoms with E-state index in [2.05, 4.69) is 31.7 Å². The van der Waals surface area contributed by atoms with Gasteiger partial charge in [-0.1, -0.05) is 18.7 Å². The number of imide groups is 1. The van der Waals surface area contributed by atoms with Crippen LogP contribution >= 0.6 is 0 Å². The highest BCUT2D eigenvalue weighted by atomic mass is 19.3. The minimum absolute atomic E-state index is 0.0148. The number of benzene rings is 2. The summed E-state index contributed by atoms with van der Waals surface area (Å²) in [7, 11) is 0. The Morgan fingerprint density at radius 3 is 2.23 bits per heavy atom. The lowest BCUT2D eigenvalue weighted by atomic mass is 9.71. The molecule has 0 radical (unpaired) electrons. The van der Waals surface area contributed by atoms with E-state index in [0.717, 1.165) is 90.9 Å². The Bertz CT molecular complexity index is 2640. The summed E-state index contributed by atoms with van der Waals surface area (Å²) in [4.78, 5) is 55.9. The number of hydrogen-bond acceptors (Lipinski definition) is 9. The van der Waals surface area contributed by atoms with Crippen molar-refractivity contribution in [3.8, 4) is 17.0 Å². The first-order valence-electron chi connectivity index (χ1n) is 21.7. The smallest absolute Gasteiger partial charge is 0.319 e. The van der Waals surface area contributed by atoms with E-state index in [1.165, 1.54) is 18.3 Å². The predicted octanol–water partition coefficient (Wildman–Crippen LogP) is 6.87. The van der Waals surface area contributed by atoms with Crippen LogP contribution < -0.4 is 15.0 Å². The molecule has 1 atom stereocenters. The molecule has 3 aromatic heterocycles. The number of nitrogens with zero attached hydrogens (tertiary/aromatic N) is 7. The number of alkyl halides is 2.